The number of urea groups is 1. The molecule has 1 unspecified atom stereocenters. The first kappa shape index (κ1) is 11.3. The fourth-order valence-electron chi connectivity index (χ4n) is 1.11. The second-order valence-corrected chi connectivity index (χ2v) is 3.87. The average Bonchev–Trinajstić information content (AvgIpc) is 1.84. The monoisotopic (exact) mass is 172 g/mol. The lowest BCUT2D eigenvalue weighted by Gasteiger charge is -2.19. The predicted octanol–water partition coefficient (Wildman–Crippen LogP) is 1.69. The third-order valence-electron chi connectivity index (χ3n) is 1.60. The van der Waals surface area contributed by atoms with Crippen molar-refractivity contribution in [2.75, 3.05) is 14.1 Å². The second kappa shape index (κ2) is 5.01. The molecule has 0 aliphatic carbocycles. The van der Waals surface area contributed by atoms with E-state index in [1.807, 2.05) is 6.92 Å². The van der Waals surface area contributed by atoms with Crippen molar-refractivity contribution >= 4 is 6.03 Å². The number of rotatable bonds is 3. The molecule has 0 aliphatic rings. The zero-order valence-corrected chi connectivity index (χ0v) is 8.72. The van der Waals surface area contributed by atoms with Crippen molar-refractivity contribution in [3.05, 3.63) is 0 Å². The first-order valence-corrected chi connectivity index (χ1v) is 4.41. The molecule has 12 heavy (non-hydrogen) atoms. The third kappa shape index (κ3) is 4.99. The van der Waals surface area contributed by atoms with Crippen molar-refractivity contribution in [1.82, 2.24) is 10.2 Å². The summed E-state index contributed by atoms with van der Waals surface area (Å²) in [7, 11) is 3.49. The van der Waals surface area contributed by atoms with Gasteiger partial charge in [-0.25, -0.2) is 4.79 Å². The molecule has 0 aromatic rings. The van der Waals surface area contributed by atoms with Crippen LogP contribution in [0.3, 0.4) is 0 Å². The summed E-state index contributed by atoms with van der Waals surface area (Å²) in [6.45, 7) is 6.33. The topological polar surface area (TPSA) is 32.3 Å². The highest BCUT2D eigenvalue weighted by Gasteiger charge is 2.09. The van der Waals surface area contributed by atoms with Gasteiger partial charge in [0.2, 0.25) is 0 Å². The van der Waals surface area contributed by atoms with Crippen LogP contribution in [-0.2, 0) is 0 Å². The number of carbonyl (C=O) groups excluding carboxylic acids is 1. The Hall–Kier alpha value is -0.730. The standard InChI is InChI=1S/C9H20N2O/c1-7(2)6-8(3)10-9(12)11(4)5/h7-8H,6H2,1-5H3,(H,10,12). The van der Waals surface area contributed by atoms with Crippen molar-refractivity contribution in [1.29, 1.82) is 0 Å². The van der Waals surface area contributed by atoms with Gasteiger partial charge in [-0.15, -0.1) is 0 Å². The molecule has 0 fully saturated rings. The number of hydrogen-bond acceptors (Lipinski definition) is 1. The summed E-state index contributed by atoms with van der Waals surface area (Å²) >= 11 is 0. The Morgan fingerprint density at radius 1 is 1.33 bits per heavy atom. The molecule has 0 aromatic carbocycles. The van der Waals surface area contributed by atoms with E-state index in [2.05, 4.69) is 19.2 Å². The molecule has 0 saturated heterocycles. The molecule has 0 saturated carbocycles. The lowest BCUT2D eigenvalue weighted by Crippen LogP contribution is -2.40. The molecule has 0 bridgehead atoms. The van der Waals surface area contributed by atoms with E-state index in [4.69, 9.17) is 0 Å². The summed E-state index contributed by atoms with van der Waals surface area (Å²) in [5.74, 6) is 0.627. The molecule has 0 radical (unpaired) electrons. The molecule has 2 amide bonds. The highest BCUT2D eigenvalue weighted by molar-refractivity contribution is 5.73. The minimum absolute atomic E-state index is 0.0110. The number of amides is 2. The van der Waals surface area contributed by atoms with Crippen LogP contribution in [0, 0.1) is 5.92 Å². The number of nitrogens with one attached hydrogen (secondary N) is 1. The first-order chi connectivity index (χ1) is 5.43. The van der Waals surface area contributed by atoms with Crippen LogP contribution < -0.4 is 5.32 Å². The Balaban J connectivity index is 3.69. The number of carbonyl (C=O) groups is 1. The molecule has 1 N–H and O–H groups in total. The summed E-state index contributed by atoms with van der Waals surface area (Å²) < 4.78 is 0. The molecule has 0 spiro atoms. The molecule has 0 aromatic heterocycles. The molecule has 1 atom stereocenters. The summed E-state index contributed by atoms with van der Waals surface area (Å²) in [5.41, 5.74) is 0. The van der Waals surface area contributed by atoms with Crippen LogP contribution in [0.2, 0.25) is 0 Å². The largest absolute Gasteiger partial charge is 0.336 e. The van der Waals surface area contributed by atoms with Gasteiger partial charge in [0.1, 0.15) is 0 Å². The lowest BCUT2D eigenvalue weighted by molar-refractivity contribution is 0.212. The zero-order valence-electron chi connectivity index (χ0n) is 8.72. The molecule has 3 heteroatoms. The Morgan fingerprint density at radius 2 is 1.83 bits per heavy atom. The normalized spacial score (nSPS) is 12.8. The van der Waals surface area contributed by atoms with E-state index < -0.39 is 0 Å². The molecule has 0 heterocycles. The Morgan fingerprint density at radius 3 is 2.17 bits per heavy atom. The summed E-state index contributed by atoms with van der Waals surface area (Å²) in [6.07, 6.45) is 1.03. The fraction of sp³-hybridized carbons (Fsp3) is 0.889. The predicted molar refractivity (Wildman–Crippen MR) is 51.1 cm³/mol. The van der Waals surface area contributed by atoms with E-state index in [1.165, 1.54) is 0 Å². The van der Waals surface area contributed by atoms with Crippen LogP contribution in [0.25, 0.3) is 0 Å². The maximum Gasteiger partial charge on any atom is 0.317 e. The van der Waals surface area contributed by atoms with Crippen LogP contribution in [0.5, 0.6) is 0 Å². The lowest BCUT2D eigenvalue weighted by atomic mass is 10.1. The van der Waals surface area contributed by atoms with E-state index in [0.29, 0.717) is 5.92 Å². The molecule has 3 nitrogen and oxygen atoms in total. The molecule has 0 aliphatic heterocycles. The van der Waals surface area contributed by atoms with E-state index >= 15 is 0 Å². The maximum absolute atomic E-state index is 11.1. The minimum Gasteiger partial charge on any atom is -0.336 e. The van der Waals surface area contributed by atoms with Crippen LogP contribution >= 0.6 is 0 Å². The zero-order chi connectivity index (χ0) is 9.72. The molecule has 0 rings (SSSR count). The van der Waals surface area contributed by atoms with Gasteiger partial charge in [-0.05, 0) is 19.3 Å². The summed E-state index contributed by atoms with van der Waals surface area (Å²) in [4.78, 5) is 12.7. The van der Waals surface area contributed by atoms with E-state index in [0.717, 1.165) is 6.42 Å². The van der Waals surface area contributed by atoms with Crippen molar-refractivity contribution in [3.63, 3.8) is 0 Å². The molecular weight excluding hydrogens is 152 g/mol. The highest BCUT2D eigenvalue weighted by atomic mass is 16.2. The number of hydrogen-bond donors (Lipinski definition) is 1. The average molecular weight is 172 g/mol. The van der Waals surface area contributed by atoms with Crippen LogP contribution in [-0.4, -0.2) is 31.1 Å². The minimum atomic E-state index is -0.0110. The van der Waals surface area contributed by atoms with E-state index in [1.54, 1.807) is 19.0 Å². The van der Waals surface area contributed by atoms with E-state index in [-0.39, 0.29) is 12.1 Å². The quantitative estimate of drug-likeness (QED) is 0.690. The Kier molecular flexibility index (Phi) is 4.71. The third-order valence-corrected chi connectivity index (χ3v) is 1.60. The Labute approximate surface area is 75.1 Å². The van der Waals surface area contributed by atoms with Gasteiger partial charge in [-0.1, -0.05) is 13.8 Å². The molecular formula is C9H20N2O. The SMILES string of the molecule is CC(C)CC(C)NC(=O)N(C)C. The van der Waals surface area contributed by atoms with Gasteiger partial charge in [0.15, 0.2) is 0 Å². The van der Waals surface area contributed by atoms with Crippen molar-refractivity contribution in [2.45, 2.75) is 33.2 Å². The molecule has 72 valence electrons. The summed E-state index contributed by atoms with van der Waals surface area (Å²) in [6, 6.07) is 0.253. The second-order valence-electron chi connectivity index (χ2n) is 3.87. The van der Waals surface area contributed by atoms with Gasteiger partial charge in [-0.3, -0.25) is 0 Å². The van der Waals surface area contributed by atoms with Crippen molar-refractivity contribution < 1.29 is 4.79 Å². The fourth-order valence-corrected chi connectivity index (χ4v) is 1.11. The van der Waals surface area contributed by atoms with Gasteiger partial charge in [-0.2, -0.15) is 0 Å². The number of nitrogens with zero attached hydrogens (tertiary/aromatic N) is 1. The maximum atomic E-state index is 11.1. The smallest absolute Gasteiger partial charge is 0.317 e. The first-order valence-electron chi connectivity index (χ1n) is 4.41. The Bertz CT molecular complexity index is 143. The van der Waals surface area contributed by atoms with Gasteiger partial charge in [0, 0.05) is 20.1 Å². The summed E-state index contributed by atoms with van der Waals surface area (Å²) in [5, 5.41) is 2.90. The van der Waals surface area contributed by atoms with Crippen molar-refractivity contribution in [3.8, 4) is 0 Å². The van der Waals surface area contributed by atoms with Gasteiger partial charge >= 0.3 is 6.03 Å². The van der Waals surface area contributed by atoms with Gasteiger partial charge in [0.25, 0.3) is 0 Å². The van der Waals surface area contributed by atoms with Gasteiger partial charge < -0.3 is 10.2 Å². The van der Waals surface area contributed by atoms with Gasteiger partial charge in [0.05, 0.1) is 0 Å². The van der Waals surface area contributed by atoms with E-state index in [9.17, 15) is 4.79 Å². The van der Waals surface area contributed by atoms with Crippen LogP contribution in [0.15, 0.2) is 0 Å². The van der Waals surface area contributed by atoms with Crippen molar-refractivity contribution in [2.24, 2.45) is 5.92 Å². The highest BCUT2D eigenvalue weighted by Crippen LogP contribution is 2.03. The van der Waals surface area contributed by atoms with Crippen LogP contribution in [0.4, 0.5) is 4.79 Å². The van der Waals surface area contributed by atoms with Crippen LogP contribution in [0.1, 0.15) is 27.2 Å².